The van der Waals surface area contributed by atoms with E-state index < -0.39 is 0 Å². The summed E-state index contributed by atoms with van der Waals surface area (Å²) in [6.07, 6.45) is 8.83. The summed E-state index contributed by atoms with van der Waals surface area (Å²) in [7, 11) is 0. The van der Waals surface area contributed by atoms with Crippen molar-refractivity contribution < 1.29 is 9.59 Å². The number of piperidine rings is 1. The second kappa shape index (κ2) is 7.79. The maximum absolute atomic E-state index is 12.9. The molecule has 5 rings (SSSR count). The molecule has 1 aromatic rings. The molecule has 1 fully saturated rings. The van der Waals surface area contributed by atoms with E-state index in [1.54, 1.807) is 0 Å². The van der Waals surface area contributed by atoms with Gasteiger partial charge in [0.2, 0.25) is 0 Å². The first kappa shape index (κ1) is 20.3. The molecule has 3 N–H and O–H groups in total. The van der Waals surface area contributed by atoms with Gasteiger partial charge in [-0.25, -0.2) is 0 Å². The highest BCUT2D eigenvalue weighted by atomic mass is 16.2. The number of nitrogens with two attached hydrogens (primary N) is 1. The summed E-state index contributed by atoms with van der Waals surface area (Å²) in [5, 5.41) is 3.17. The van der Waals surface area contributed by atoms with E-state index in [2.05, 4.69) is 41.1 Å². The maximum Gasteiger partial charge on any atom is 0.252 e. The molecule has 162 valence electrons. The number of ketones is 1. The van der Waals surface area contributed by atoms with Crippen molar-refractivity contribution in [1.29, 1.82) is 0 Å². The van der Waals surface area contributed by atoms with E-state index in [0.29, 0.717) is 0 Å². The molecular weight excluding hydrogens is 386 g/mol. The predicted molar refractivity (Wildman–Crippen MR) is 121 cm³/mol. The number of fused-ring (bicyclic) bond motifs is 2. The number of hydrogen-bond acceptors (Lipinski definition) is 4. The minimum Gasteiger partial charge on any atom is -0.358 e. The fourth-order valence-electron chi connectivity index (χ4n) is 6.13. The van der Waals surface area contributed by atoms with E-state index in [9.17, 15) is 9.59 Å². The SMILES string of the molecule is C=C1C=C(N2CCC3(CC2)CC(C(=O)CN)c2ccccc23)NC(=O)C2=C1CCCC2. The van der Waals surface area contributed by atoms with E-state index in [4.69, 9.17) is 5.73 Å². The smallest absolute Gasteiger partial charge is 0.252 e. The van der Waals surface area contributed by atoms with Gasteiger partial charge in [-0.15, -0.1) is 0 Å². The number of nitrogens with one attached hydrogen (secondary N) is 1. The van der Waals surface area contributed by atoms with E-state index in [1.807, 2.05) is 6.07 Å². The molecule has 5 nitrogen and oxygen atoms in total. The molecule has 1 unspecified atom stereocenters. The zero-order valence-electron chi connectivity index (χ0n) is 18.1. The van der Waals surface area contributed by atoms with Crippen molar-refractivity contribution in [2.24, 2.45) is 5.73 Å². The van der Waals surface area contributed by atoms with Crippen LogP contribution in [0, 0.1) is 0 Å². The van der Waals surface area contributed by atoms with Crippen LogP contribution in [0.15, 0.2) is 59.5 Å². The molecule has 0 saturated carbocycles. The molecule has 1 saturated heterocycles. The highest BCUT2D eigenvalue weighted by Gasteiger charge is 2.47. The van der Waals surface area contributed by atoms with Crippen molar-refractivity contribution in [3.05, 3.63) is 70.6 Å². The predicted octanol–water partition coefficient (Wildman–Crippen LogP) is 3.43. The molecule has 5 heteroatoms. The zero-order chi connectivity index (χ0) is 21.6. The summed E-state index contributed by atoms with van der Waals surface area (Å²) in [6, 6.07) is 8.40. The van der Waals surface area contributed by atoms with Gasteiger partial charge in [0, 0.05) is 24.6 Å². The van der Waals surface area contributed by atoms with Crippen molar-refractivity contribution in [3.8, 4) is 0 Å². The lowest BCUT2D eigenvalue weighted by atomic mass is 9.73. The van der Waals surface area contributed by atoms with Gasteiger partial charge in [0.15, 0.2) is 5.78 Å². The number of nitrogens with zero attached hydrogens (tertiary/aromatic N) is 1. The van der Waals surface area contributed by atoms with Gasteiger partial charge in [-0.3, -0.25) is 9.59 Å². The first-order valence-electron chi connectivity index (χ1n) is 11.5. The van der Waals surface area contributed by atoms with Crippen LogP contribution in [0.4, 0.5) is 0 Å². The Morgan fingerprint density at radius 2 is 1.87 bits per heavy atom. The van der Waals surface area contributed by atoms with Crippen molar-refractivity contribution in [2.45, 2.75) is 56.3 Å². The third-order valence-electron chi connectivity index (χ3n) is 7.84. The molecule has 0 bridgehead atoms. The number of benzene rings is 1. The van der Waals surface area contributed by atoms with Crippen LogP contribution < -0.4 is 11.1 Å². The third kappa shape index (κ3) is 3.35. The molecule has 4 aliphatic rings. The maximum atomic E-state index is 12.9. The van der Waals surface area contributed by atoms with Gasteiger partial charge in [0.05, 0.1) is 6.54 Å². The van der Waals surface area contributed by atoms with Crippen molar-refractivity contribution in [3.63, 3.8) is 0 Å². The third-order valence-corrected chi connectivity index (χ3v) is 7.84. The Morgan fingerprint density at radius 1 is 1.16 bits per heavy atom. The standard InChI is InChI=1S/C26H31N3O2/c1-17-14-24(28-25(31)20-8-3-2-6-18(17)20)29-12-10-26(11-13-29)15-21(23(30)16-27)19-7-4-5-9-22(19)26/h4-5,7,9,14,21H,1-3,6,8,10-13,15-16,27H2,(H,28,31). The molecule has 2 heterocycles. The van der Waals surface area contributed by atoms with Gasteiger partial charge >= 0.3 is 0 Å². The van der Waals surface area contributed by atoms with Crippen LogP contribution >= 0.6 is 0 Å². The van der Waals surface area contributed by atoms with Gasteiger partial charge in [-0.05, 0) is 78.7 Å². The van der Waals surface area contributed by atoms with E-state index in [0.717, 1.165) is 80.6 Å². The van der Waals surface area contributed by atoms with Crippen LogP contribution in [-0.4, -0.2) is 36.2 Å². The van der Waals surface area contributed by atoms with Crippen LogP contribution in [0.1, 0.15) is 62.0 Å². The van der Waals surface area contributed by atoms with Gasteiger partial charge in [-0.1, -0.05) is 30.8 Å². The molecule has 2 aliphatic heterocycles. The van der Waals surface area contributed by atoms with Gasteiger partial charge in [0.25, 0.3) is 5.91 Å². The average molecular weight is 418 g/mol. The fraction of sp³-hybridized carbons (Fsp3) is 0.462. The summed E-state index contributed by atoms with van der Waals surface area (Å²) in [5.41, 5.74) is 11.3. The van der Waals surface area contributed by atoms with E-state index >= 15 is 0 Å². The Hall–Kier alpha value is -2.66. The number of amides is 1. The molecular formula is C26H31N3O2. The highest BCUT2D eigenvalue weighted by Crippen LogP contribution is 2.52. The van der Waals surface area contributed by atoms with Crippen LogP contribution in [0.5, 0.6) is 0 Å². The first-order chi connectivity index (χ1) is 15.0. The normalized spacial score (nSPS) is 25.0. The quantitative estimate of drug-likeness (QED) is 0.790. The van der Waals surface area contributed by atoms with Gasteiger partial charge < -0.3 is 16.0 Å². The number of hydrogen-bond donors (Lipinski definition) is 2. The lowest BCUT2D eigenvalue weighted by Gasteiger charge is -2.42. The Morgan fingerprint density at radius 3 is 2.61 bits per heavy atom. The summed E-state index contributed by atoms with van der Waals surface area (Å²) >= 11 is 0. The first-order valence-corrected chi connectivity index (χ1v) is 11.5. The van der Waals surface area contributed by atoms with Crippen molar-refractivity contribution in [2.75, 3.05) is 19.6 Å². The number of carbonyl (C=O) groups excluding carboxylic acids is 2. The number of rotatable bonds is 3. The molecule has 1 aromatic carbocycles. The fourth-order valence-corrected chi connectivity index (χ4v) is 6.13. The number of carbonyl (C=O) groups is 2. The van der Waals surface area contributed by atoms with Crippen LogP contribution in [-0.2, 0) is 15.0 Å². The molecule has 2 aliphatic carbocycles. The Labute approximate surface area is 184 Å². The molecule has 1 atom stereocenters. The summed E-state index contributed by atoms with van der Waals surface area (Å²) in [4.78, 5) is 27.7. The highest BCUT2D eigenvalue weighted by molar-refractivity contribution is 5.97. The van der Waals surface area contributed by atoms with Crippen molar-refractivity contribution >= 4 is 11.7 Å². The summed E-state index contributed by atoms with van der Waals surface area (Å²) in [5.74, 6) is 0.971. The lowest BCUT2D eigenvalue weighted by molar-refractivity contribution is -0.119. The van der Waals surface area contributed by atoms with Crippen LogP contribution in [0.3, 0.4) is 0 Å². The minimum atomic E-state index is -0.0831. The molecule has 1 amide bonds. The van der Waals surface area contributed by atoms with E-state index in [-0.39, 0.29) is 29.6 Å². The van der Waals surface area contributed by atoms with Crippen LogP contribution in [0.25, 0.3) is 0 Å². The Balaban J connectivity index is 1.36. The number of likely N-dealkylation sites (tertiary alicyclic amines) is 1. The summed E-state index contributed by atoms with van der Waals surface area (Å²) in [6.45, 7) is 6.07. The van der Waals surface area contributed by atoms with Gasteiger partial charge in [0.1, 0.15) is 5.82 Å². The molecule has 31 heavy (non-hydrogen) atoms. The number of Topliss-reactive ketones (excluding diaryl/α,β-unsaturated/α-hetero) is 1. The average Bonchev–Trinajstić information content (AvgIpc) is 3.05. The minimum absolute atomic E-state index is 0.0202. The zero-order valence-corrected chi connectivity index (χ0v) is 18.1. The second-order valence-electron chi connectivity index (χ2n) is 9.45. The topological polar surface area (TPSA) is 75.4 Å². The molecule has 1 spiro atoms. The monoisotopic (exact) mass is 417 g/mol. The van der Waals surface area contributed by atoms with Crippen molar-refractivity contribution in [1.82, 2.24) is 10.2 Å². The molecule has 0 aromatic heterocycles. The second-order valence-corrected chi connectivity index (χ2v) is 9.45. The Kier molecular flexibility index (Phi) is 5.09. The van der Waals surface area contributed by atoms with E-state index in [1.165, 1.54) is 11.1 Å². The van der Waals surface area contributed by atoms with Gasteiger partial charge in [-0.2, -0.15) is 0 Å². The van der Waals surface area contributed by atoms with Crippen LogP contribution in [0.2, 0.25) is 0 Å². The summed E-state index contributed by atoms with van der Waals surface area (Å²) < 4.78 is 0. The Bertz CT molecular complexity index is 1010. The lowest BCUT2D eigenvalue weighted by Crippen LogP contribution is -2.45. The number of allylic oxidation sites excluding steroid dienone is 3. The molecule has 0 radical (unpaired) electrons. The largest absolute Gasteiger partial charge is 0.358 e.